The van der Waals surface area contributed by atoms with Crippen LogP contribution in [0.25, 0.3) is 0 Å². The van der Waals surface area contributed by atoms with Gasteiger partial charge in [0.25, 0.3) is 0 Å². The number of cyclic esters (lactones) is 1. The Balaban J connectivity index is 0.829. The van der Waals surface area contributed by atoms with E-state index in [9.17, 15) is 35.1 Å². The molecule has 0 aromatic rings. The number of rotatable bonds is 8. The number of hydrogen-bond acceptors (Lipinski definition) is 15. The maximum atomic E-state index is 12.6. The van der Waals surface area contributed by atoms with Gasteiger partial charge in [-0.1, -0.05) is 13.8 Å². The van der Waals surface area contributed by atoms with Gasteiger partial charge in [-0.15, -0.1) is 0 Å². The van der Waals surface area contributed by atoms with Crippen molar-refractivity contribution in [3.05, 3.63) is 11.6 Å². The normalized spacial score (nSPS) is 53.2. The quantitative estimate of drug-likeness (QED) is 0.176. The molecular formula is C43H66O15. The first-order chi connectivity index (χ1) is 27.4. The first-order valence-electron chi connectivity index (χ1n) is 21.8. The smallest absolute Gasteiger partial charge is 0.331 e. The summed E-state index contributed by atoms with van der Waals surface area (Å²) >= 11 is 0. The third-order valence-electron chi connectivity index (χ3n) is 16.2. The molecule has 21 atom stereocenters. The number of ether oxygens (including phenoxy) is 8. The van der Waals surface area contributed by atoms with E-state index in [-0.39, 0.29) is 61.1 Å². The largest absolute Gasteiger partial charge is 0.459 e. The lowest BCUT2D eigenvalue weighted by Gasteiger charge is -2.65. The van der Waals surface area contributed by atoms with Gasteiger partial charge >= 0.3 is 11.9 Å². The standard InChI is InChI=1S/C43H66O15/c1-20-38(49)32(55-23(4)44)18-37(52-20)58-40-22(3)54-36(17-31(40)46)57-39-21(2)53-35(16-30(39)45)56-26-9-11-41(5)25(14-26)7-8-28-29(41)15-33(47)42(6)27(10-12-43(28,42)50)24-13-34(48)51-19-24/h13,20-22,25-33,35-40,45-47,49-50H,7-12,14-19H2,1-6H3/t20-,21-,22-,25?,26+,27-,28?,29?,30+,31+,32+,33-,35+,36?,37?,38-,39-,40-,41+,42+,43+/m1/s1. The van der Waals surface area contributed by atoms with Crippen molar-refractivity contribution in [2.24, 2.45) is 34.5 Å². The summed E-state index contributed by atoms with van der Waals surface area (Å²) in [7, 11) is 0. The SMILES string of the molecule is CC(=O)O[C@H]1CC(O[C@H]2[C@@H](O)CC(O[C@H]3[C@@H](O)C[C@H](O[C@H]4CC[C@@]5(C)C(CCC6C5C[C@@H](O)[C@]5(C)[C@@H](C7=CC(=O)OC7)CC[C@]65O)C4)O[C@@H]3C)O[C@@H]2C)O[C@H](C)[C@H]1O. The van der Waals surface area contributed by atoms with Crippen molar-refractivity contribution in [2.75, 3.05) is 6.61 Å². The topological polar surface area (TPSA) is 209 Å². The van der Waals surface area contributed by atoms with E-state index in [1.165, 1.54) is 6.92 Å². The second kappa shape index (κ2) is 16.2. The van der Waals surface area contributed by atoms with Crippen LogP contribution in [0.3, 0.4) is 0 Å². The summed E-state index contributed by atoms with van der Waals surface area (Å²) in [5.41, 5.74) is -0.918. The van der Waals surface area contributed by atoms with Crippen LogP contribution in [0.4, 0.5) is 0 Å². The van der Waals surface area contributed by atoms with Crippen LogP contribution < -0.4 is 0 Å². The van der Waals surface area contributed by atoms with E-state index in [4.69, 9.17) is 37.9 Å². The second-order valence-electron chi connectivity index (χ2n) is 19.4. The zero-order valence-electron chi connectivity index (χ0n) is 34.8. The molecule has 4 heterocycles. The van der Waals surface area contributed by atoms with Crippen molar-refractivity contribution in [1.82, 2.24) is 0 Å². The number of carbonyl (C=O) groups excluding carboxylic acids is 2. The van der Waals surface area contributed by atoms with Crippen molar-refractivity contribution in [2.45, 2.75) is 204 Å². The first-order valence-corrected chi connectivity index (χ1v) is 21.8. The van der Waals surface area contributed by atoms with Crippen LogP contribution in [-0.4, -0.2) is 136 Å². The third-order valence-corrected chi connectivity index (χ3v) is 16.2. The van der Waals surface area contributed by atoms with Gasteiger partial charge in [0.2, 0.25) is 0 Å². The van der Waals surface area contributed by atoms with E-state index in [2.05, 4.69) is 6.92 Å². The Morgan fingerprint density at radius 2 is 1.38 bits per heavy atom. The van der Waals surface area contributed by atoms with E-state index < -0.39 is 96.9 Å². The molecule has 8 rings (SSSR count). The molecule has 4 saturated carbocycles. The van der Waals surface area contributed by atoms with E-state index in [0.29, 0.717) is 18.8 Å². The lowest BCUT2D eigenvalue weighted by Crippen LogP contribution is -2.67. The molecule has 0 amide bonds. The third kappa shape index (κ3) is 7.49. The molecule has 4 aliphatic heterocycles. The Hall–Kier alpha value is -1.76. The molecule has 4 aliphatic carbocycles. The Morgan fingerprint density at radius 3 is 1.98 bits per heavy atom. The molecule has 0 spiro atoms. The van der Waals surface area contributed by atoms with Crippen molar-refractivity contribution in [1.29, 1.82) is 0 Å². The fraction of sp³-hybridized carbons (Fsp3) is 0.907. The van der Waals surface area contributed by atoms with E-state index in [1.807, 2.05) is 13.8 Å². The minimum Gasteiger partial charge on any atom is -0.459 e. The van der Waals surface area contributed by atoms with Gasteiger partial charge in [0.05, 0.1) is 48.3 Å². The summed E-state index contributed by atoms with van der Waals surface area (Å²) in [6.45, 7) is 11.2. The highest BCUT2D eigenvalue weighted by molar-refractivity contribution is 5.85. The molecule has 0 aromatic carbocycles. The fourth-order valence-electron chi connectivity index (χ4n) is 13.1. The summed E-state index contributed by atoms with van der Waals surface area (Å²) in [4.78, 5) is 23.5. The zero-order valence-corrected chi connectivity index (χ0v) is 34.8. The highest BCUT2D eigenvalue weighted by Crippen LogP contribution is 2.70. The van der Waals surface area contributed by atoms with Crippen LogP contribution in [-0.2, 0) is 47.5 Å². The van der Waals surface area contributed by atoms with Crippen LogP contribution in [0.15, 0.2) is 11.6 Å². The maximum absolute atomic E-state index is 12.6. The summed E-state index contributed by atoms with van der Waals surface area (Å²) in [5.74, 6) is -0.345. The van der Waals surface area contributed by atoms with Crippen LogP contribution in [0.2, 0.25) is 0 Å². The van der Waals surface area contributed by atoms with Gasteiger partial charge in [0.1, 0.15) is 31.0 Å². The molecular weight excluding hydrogens is 756 g/mol. The van der Waals surface area contributed by atoms with Gasteiger partial charge in [0.15, 0.2) is 18.9 Å². The van der Waals surface area contributed by atoms with Crippen molar-refractivity contribution >= 4 is 11.9 Å². The monoisotopic (exact) mass is 822 g/mol. The number of carbonyl (C=O) groups is 2. The number of aliphatic hydroxyl groups excluding tert-OH is 4. The molecule has 0 aromatic heterocycles. The predicted octanol–water partition coefficient (Wildman–Crippen LogP) is 2.79. The molecule has 3 saturated heterocycles. The van der Waals surface area contributed by atoms with E-state index in [0.717, 1.165) is 44.1 Å². The maximum Gasteiger partial charge on any atom is 0.331 e. The number of esters is 2. The molecule has 0 radical (unpaired) electrons. The Kier molecular flexibility index (Phi) is 12.0. The van der Waals surface area contributed by atoms with Gasteiger partial charge in [-0.3, -0.25) is 4.79 Å². The summed E-state index contributed by atoms with van der Waals surface area (Å²) in [6.07, 6.45) is -1.66. The Bertz CT molecular complexity index is 1530. The van der Waals surface area contributed by atoms with Gasteiger partial charge in [-0.25, -0.2) is 4.79 Å². The molecule has 328 valence electrons. The lowest BCUT2D eigenvalue weighted by molar-refractivity contribution is -0.336. The molecule has 58 heavy (non-hydrogen) atoms. The molecule has 0 bridgehead atoms. The van der Waals surface area contributed by atoms with Gasteiger partial charge in [-0.05, 0) is 107 Å². The molecule has 5 unspecified atom stereocenters. The highest BCUT2D eigenvalue weighted by Gasteiger charge is 2.71. The summed E-state index contributed by atoms with van der Waals surface area (Å²) < 4.78 is 47.7. The minimum atomic E-state index is -1.02. The number of fused-ring (bicyclic) bond motifs is 5. The Labute approximate surface area is 341 Å². The van der Waals surface area contributed by atoms with Gasteiger partial charge < -0.3 is 63.4 Å². The minimum absolute atomic E-state index is 0.0561. The van der Waals surface area contributed by atoms with Crippen LogP contribution >= 0.6 is 0 Å². The van der Waals surface area contributed by atoms with E-state index >= 15 is 0 Å². The summed E-state index contributed by atoms with van der Waals surface area (Å²) in [5, 5.41) is 57.3. The molecule has 8 aliphatic rings. The van der Waals surface area contributed by atoms with Gasteiger partial charge in [0, 0.05) is 37.7 Å². The average Bonchev–Trinajstić information content (AvgIpc) is 3.70. The lowest BCUT2D eigenvalue weighted by atomic mass is 9.42. The van der Waals surface area contributed by atoms with Gasteiger partial charge in [-0.2, -0.15) is 0 Å². The average molecular weight is 823 g/mol. The fourth-order valence-corrected chi connectivity index (χ4v) is 13.1. The highest BCUT2D eigenvalue weighted by atomic mass is 16.7. The molecule has 15 nitrogen and oxygen atoms in total. The second-order valence-corrected chi connectivity index (χ2v) is 19.4. The number of hydrogen-bond donors (Lipinski definition) is 5. The molecule has 5 N–H and O–H groups in total. The van der Waals surface area contributed by atoms with Crippen LogP contribution in [0, 0.1) is 34.5 Å². The van der Waals surface area contributed by atoms with Crippen LogP contribution in [0.1, 0.15) is 112 Å². The Morgan fingerprint density at radius 1 is 0.759 bits per heavy atom. The van der Waals surface area contributed by atoms with E-state index in [1.54, 1.807) is 19.9 Å². The molecule has 7 fully saturated rings. The zero-order chi connectivity index (χ0) is 41.5. The van der Waals surface area contributed by atoms with Crippen LogP contribution in [0.5, 0.6) is 0 Å². The first kappa shape index (κ1) is 42.9. The van der Waals surface area contributed by atoms with Crippen molar-refractivity contribution in [3.63, 3.8) is 0 Å². The molecule has 15 heteroatoms. The predicted molar refractivity (Wildman–Crippen MR) is 202 cm³/mol. The van der Waals surface area contributed by atoms with Crippen molar-refractivity contribution in [3.8, 4) is 0 Å². The summed E-state index contributed by atoms with van der Waals surface area (Å²) in [6, 6.07) is 0. The number of aliphatic hydroxyl groups is 5. The van der Waals surface area contributed by atoms with Crippen molar-refractivity contribution < 1.29 is 73.0 Å².